The quantitative estimate of drug-likeness (QED) is 0.304. The van der Waals surface area contributed by atoms with Gasteiger partial charge in [-0.25, -0.2) is 4.79 Å². The summed E-state index contributed by atoms with van der Waals surface area (Å²) >= 11 is 0. The Hall–Kier alpha value is -0.653. The predicted molar refractivity (Wildman–Crippen MR) is 70.7 cm³/mol. The number of aliphatic hydroxyl groups is 2. The van der Waals surface area contributed by atoms with Crippen LogP contribution in [0.5, 0.6) is 0 Å². The average molecular weight is 260 g/mol. The molecule has 0 aromatic carbocycles. The molecule has 5 heteroatoms. The van der Waals surface area contributed by atoms with E-state index in [2.05, 4.69) is 6.58 Å². The normalized spacial score (nSPS) is 15.9. The van der Waals surface area contributed by atoms with Gasteiger partial charge >= 0.3 is 5.97 Å². The second-order valence-electron chi connectivity index (χ2n) is 5.21. The maximum Gasteiger partial charge on any atom is 0.333 e. The zero-order chi connectivity index (χ0) is 13.7. The van der Waals surface area contributed by atoms with Crippen molar-refractivity contribution in [3.8, 4) is 0 Å². The van der Waals surface area contributed by atoms with Crippen molar-refractivity contribution < 1.29 is 19.7 Å². The number of ether oxygens (including phenoxy) is 1. The van der Waals surface area contributed by atoms with Crippen LogP contribution in [-0.2, 0) is 9.53 Å². The topological polar surface area (TPSA) is 66.8 Å². The highest BCUT2D eigenvalue weighted by molar-refractivity contribution is 6.39. The predicted octanol–water partition coefficient (Wildman–Crippen LogP) is 0.562. The lowest BCUT2D eigenvalue weighted by Gasteiger charge is -2.35. The standard InChI is InChI=1S/C12H24O4Si/c1-9(2)10(13)16-7-6-8-17-12(5,15)11(3,4)14/h14-15H,1,6-8,17H2,2-5H3. The first-order chi connectivity index (χ1) is 7.58. The first-order valence-corrected chi connectivity index (χ1v) is 7.56. The molecule has 0 aromatic rings. The number of carbonyl (C=O) groups excluding carboxylic acids is 1. The van der Waals surface area contributed by atoms with E-state index >= 15 is 0 Å². The maximum atomic E-state index is 11.1. The van der Waals surface area contributed by atoms with Crippen LogP contribution < -0.4 is 0 Å². The van der Waals surface area contributed by atoms with Gasteiger partial charge in [-0.05, 0) is 34.1 Å². The number of rotatable bonds is 7. The Morgan fingerprint density at radius 1 is 1.35 bits per heavy atom. The lowest BCUT2D eigenvalue weighted by atomic mass is 10.0. The van der Waals surface area contributed by atoms with E-state index < -0.39 is 20.3 Å². The van der Waals surface area contributed by atoms with Gasteiger partial charge in [-0.15, -0.1) is 0 Å². The van der Waals surface area contributed by atoms with E-state index in [0.29, 0.717) is 12.2 Å². The van der Waals surface area contributed by atoms with Crippen molar-refractivity contribution in [2.24, 2.45) is 0 Å². The second-order valence-corrected chi connectivity index (χ2v) is 7.79. The Balaban J connectivity index is 3.80. The molecule has 4 nitrogen and oxygen atoms in total. The van der Waals surface area contributed by atoms with Crippen molar-refractivity contribution in [1.82, 2.24) is 0 Å². The van der Waals surface area contributed by atoms with Gasteiger partial charge in [0.05, 0.1) is 27.0 Å². The molecule has 0 aliphatic heterocycles. The van der Waals surface area contributed by atoms with E-state index in [9.17, 15) is 15.0 Å². The summed E-state index contributed by atoms with van der Waals surface area (Å²) in [6.07, 6.45) is 0.720. The fraction of sp³-hybridized carbons (Fsp3) is 0.750. The molecule has 0 radical (unpaired) electrons. The van der Waals surface area contributed by atoms with Crippen LogP contribution in [-0.4, -0.2) is 43.1 Å². The number of esters is 1. The maximum absolute atomic E-state index is 11.1. The molecular formula is C12H24O4Si. The highest BCUT2D eigenvalue weighted by Crippen LogP contribution is 2.21. The third-order valence-electron chi connectivity index (χ3n) is 2.96. The molecule has 0 saturated carbocycles. The van der Waals surface area contributed by atoms with Gasteiger partial charge in [0.1, 0.15) is 0 Å². The van der Waals surface area contributed by atoms with E-state index in [0.717, 1.165) is 12.5 Å². The summed E-state index contributed by atoms with van der Waals surface area (Å²) in [6, 6.07) is 0.820. The van der Waals surface area contributed by atoms with Crippen molar-refractivity contribution in [3.63, 3.8) is 0 Å². The Kier molecular flexibility index (Phi) is 6.08. The molecule has 0 fully saturated rings. The summed E-state index contributed by atoms with van der Waals surface area (Å²) in [5.41, 5.74) is -0.682. The van der Waals surface area contributed by atoms with Gasteiger partial charge in [0.2, 0.25) is 0 Å². The number of hydrogen-bond acceptors (Lipinski definition) is 4. The SMILES string of the molecule is C=C(C)C(=O)OCCC[SiH2]C(C)(O)C(C)(C)O. The number of carbonyl (C=O) groups is 1. The third kappa shape index (κ3) is 6.00. The van der Waals surface area contributed by atoms with E-state index in [-0.39, 0.29) is 5.97 Å². The lowest BCUT2D eigenvalue weighted by Crippen LogP contribution is -2.52. The molecule has 0 aliphatic carbocycles. The summed E-state index contributed by atoms with van der Waals surface area (Å²) in [4.78, 5) is 11.1. The molecule has 0 aromatic heterocycles. The van der Waals surface area contributed by atoms with E-state index in [1.165, 1.54) is 0 Å². The molecule has 17 heavy (non-hydrogen) atoms. The third-order valence-corrected chi connectivity index (χ3v) is 5.65. The molecule has 0 rings (SSSR count). The van der Waals surface area contributed by atoms with Crippen molar-refractivity contribution >= 4 is 15.5 Å². The number of hydrogen-bond donors (Lipinski definition) is 2. The highest BCUT2D eigenvalue weighted by atomic mass is 28.2. The molecular weight excluding hydrogens is 236 g/mol. The van der Waals surface area contributed by atoms with Crippen LogP contribution in [0.25, 0.3) is 0 Å². The second kappa shape index (κ2) is 6.33. The van der Waals surface area contributed by atoms with Gasteiger partial charge in [0.15, 0.2) is 0 Å². The zero-order valence-electron chi connectivity index (χ0n) is 11.2. The van der Waals surface area contributed by atoms with Crippen molar-refractivity contribution in [1.29, 1.82) is 0 Å². The lowest BCUT2D eigenvalue weighted by molar-refractivity contribution is -0.138. The van der Waals surface area contributed by atoms with Crippen LogP contribution in [0.15, 0.2) is 12.2 Å². The zero-order valence-corrected chi connectivity index (χ0v) is 12.7. The minimum absolute atomic E-state index is 0.348. The minimum Gasteiger partial charge on any atom is -0.462 e. The Labute approximate surface area is 106 Å². The highest BCUT2D eigenvalue weighted by Gasteiger charge is 2.36. The van der Waals surface area contributed by atoms with Crippen molar-refractivity contribution in [2.45, 2.75) is 51.0 Å². The first kappa shape index (κ1) is 16.3. The fourth-order valence-corrected chi connectivity index (χ4v) is 2.92. The monoisotopic (exact) mass is 260 g/mol. The van der Waals surface area contributed by atoms with Crippen LogP contribution >= 0.6 is 0 Å². The van der Waals surface area contributed by atoms with Gasteiger partial charge in [-0.2, -0.15) is 0 Å². The fourth-order valence-electron chi connectivity index (χ4n) is 1.17. The summed E-state index contributed by atoms with van der Waals surface area (Å²) in [5, 5.41) is 18.8. The summed E-state index contributed by atoms with van der Waals surface area (Å²) in [6.45, 7) is 10.3. The molecule has 0 heterocycles. The van der Waals surface area contributed by atoms with Gasteiger partial charge in [0.25, 0.3) is 0 Å². The Morgan fingerprint density at radius 2 is 1.88 bits per heavy atom. The Bertz CT molecular complexity index is 279. The van der Waals surface area contributed by atoms with Gasteiger partial charge < -0.3 is 14.9 Å². The van der Waals surface area contributed by atoms with E-state index in [1.807, 2.05) is 0 Å². The minimum atomic E-state index is -1.08. The molecule has 1 atom stereocenters. The molecule has 0 spiro atoms. The molecule has 2 N–H and O–H groups in total. The summed E-state index contributed by atoms with van der Waals surface area (Å²) in [5.74, 6) is -0.374. The van der Waals surface area contributed by atoms with Crippen molar-refractivity contribution in [3.05, 3.63) is 12.2 Å². The van der Waals surface area contributed by atoms with Crippen LogP contribution in [0, 0.1) is 0 Å². The van der Waals surface area contributed by atoms with Crippen LogP contribution in [0.1, 0.15) is 34.1 Å². The Morgan fingerprint density at radius 3 is 2.29 bits per heavy atom. The van der Waals surface area contributed by atoms with Crippen LogP contribution in [0.3, 0.4) is 0 Å². The van der Waals surface area contributed by atoms with Crippen LogP contribution in [0.4, 0.5) is 0 Å². The largest absolute Gasteiger partial charge is 0.462 e. The van der Waals surface area contributed by atoms with Gasteiger partial charge in [-0.1, -0.05) is 12.6 Å². The van der Waals surface area contributed by atoms with E-state index in [1.54, 1.807) is 27.7 Å². The van der Waals surface area contributed by atoms with Crippen LogP contribution in [0.2, 0.25) is 6.04 Å². The summed E-state index contributed by atoms with van der Waals surface area (Å²) in [7, 11) is -0.837. The molecule has 0 bridgehead atoms. The molecule has 0 amide bonds. The molecule has 1 unspecified atom stereocenters. The smallest absolute Gasteiger partial charge is 0.333 e. The van der Waals surface area contributed by atoms with Gasteiger partial charge in [-0.3, -0.25) is 0 Å². The average Bonchev–Trinajstić information content (AvgIpc) is 2.14. The molecule has 0 saturated heterocycles. The van der Waals surface area contributed by atoms with E-state index in [4.69, 9.17) is 4.74 Å². The van der Waals surface area contributed by atoms with Crippen molar-refractivity contribution in [2.75, 3.05) is 6.61 Å². The molecule has 100 valence electrons. The van der Waals surface area contributed by atoms with Gasteiger partial charge in [0, 0.05) is 5.57 Å². The summed E-state index contributed by atoms with van der Waals surface area (Å²) < 4.78 is 4.94. The molecule has 0 aliphatic rings. The first-order valence-electron chi connectivity index (χ1n) is 5.85.